The smallest absolute Gasteiger partial charge is 0.319 e. The van der Waals surface area contributed by atoms with Crippen molar-refractivity contribution in [1.29, 1.82) is 0 Å². The predicted molar refractivity (Wildman–Crippen MR) is 76.6 cm³/mol. The Morgan fingerprint density at radius 1 is 1.35 bits per heavy atom. The number of carbonyl (C=O) groups is 1. The Balaban J connectivity index is 2.60. The van der Waals surface area contributed by atoms with Gasteiger partial charge in [0.25, 0.3) is 0 Å². The van der Waals surface area contributed by atoms with Crippen molar-refractivity contribution in [3.05, 3.63) is 0 Å². The fourth-order valence-electron chi connectivity index (χ4n) is 1.78. The van der Waals surface area contributed by atoms with Crippen molar-refractivity contribution in [2.45, 2.75) is 50.7 Å². The lowest BCUT2D eigenvalue weighted by atomic mass is 10.1. The molecule has 0 saturated carbocycles. The zero-order chi connectivity index (χ0) is 12.9. The average Bonchev–Trinajstić information content (AvgIpc) is 2.57. The molecule has 5 heteroatoms. The highest BCUT2D eigenvalue weighted by atomic mass is 32.2. The molecule has 1 heterocycles. The third-order valence-corrected chi connectivity index (χ3v) is 5.16. The first-order valence-corrected chi connectivity index (χ1v) is 7.43. The molecule has 0 aliphatic carbocycles. The fourth-order valence-corrected chi connectivity index (χ4v) is 3.44. The molecule has 1 aliphatic rings. The molecule has 1 N–H and O–H groups in total. The van der Waals surface area contributed by atoms with Gasteiger partial charge in [0, 0.05) is 13.1 Å². The second-order valence-corrected chi connectivity index (χ2v) is 6.80. The van der Waals surface area contributed by atoms with Crippen molar-refractivity contribution in [3.8, 4) is 0 Å². The third-order valence-electron chi connectivity index (χ3n) is 3.30. The lowest BCUT2D eigenvalue weighted by Crippen LogP contribution is -2.37. The standard InChI is InChI=1S/C12H21NO2S2/c1-3-12(2,10(14)15)17-11(16)13-8-6-4-5-7-9-13/h3-9H2,1-2H3,(H,14,15). The first kappa shape index (κ1) is 14.8. The molecule has 0 aromatic rings. The highest BCUT2D eigenvalue weighted by molar-refractivity contribution is 8.24. The third kappa shape index (κ3) is 4.14. The van der Waals surface area contributed by atoms with Crippen LogP contribution in [0.25, 0.3) is 0 Å². The number of aliphatic carboxylic acids is 1. The van der Waals surface area contributed by atoms with Crippen LogP contribution in [0.4, 0.5) is 0 Å². The summed E-state index contributed by atoms with van der Waals surface area (Å²) in [5.41, 5.74) is 0. The van der Waals surface area contributed by atoms with Crippen LogP contribution in [-0.2, 0) is 4.79 Å². The van der Waals surface area contributed by atoms with Crippen LogP contribution in [0.1, 0.15) is 46.0 Å². The Labute approximate surface area is 113 Å². The summed E-state index contributed by atoms with van der Waals surface area (Å²) in [4.78, 5) is 13.4. The molecular formula is C12H21NO2S2. The van der Waals surface area contributed by atoms with Crippen molar-refractivity contribution in [2.24, 2.45) is 0 Å². The maximum absolute atomic E-state index is 11.2. The summed E-state index contributed by atoms with van der Waals surface area (Å²) in [5, 5.41) is 9.24. The van der Waals surface area contributed by atoms with E-state index >= 15 is 0 Å². The Morgan fingerprint density at radius 2 is 1.88 bits per heavy atom. The van der Waals surface area contributed by atoms with Gasteiger partial charge in [-0.1, -0.05) is 43.7 Å². The van der Waals surface area contributed by atoms with E-state index in [-0.39, 0.29) is 0 Å². The molecule has 3 nitrogen and oxygen atoms in total. The van der Waals surface area contributed by atoms with Gasteiger partial charge in [0.2, 0.25) is 0 Å². The van der Waals surface area contributed by atoms with Crippen molar-refractivity contribution in [2.75, 3.05) is 13.1 Å². The van der Waals surface area contributed by atoms with E-state index in [0.717, 1.165) is 30.3 Å². The van der Waals surface area contributed by atoms with E-state index in [1.165, 1.54) is 24.6 Å². The van der Waals surface area contributed by atoms with E-state index in [1.807, 2.05) is 6.92 Å². The van der Waals surface area contributed by atoms with Gasteiger partial charge in [-0.2, -0.15) is 0 Å². The number of carboxylic acid groups (broad SMARTS) is 1. The minimum absolute atomic E-state index is 0.584. The summed E-state index contributed by atoms with van der Waals surface area (Å²) < 4.78 is -0.0396. The van der Waals surface area contributed by atoms with E-state index in [1.54, 1.807) is 6.92 Å². The summed E-state index contributed by atoms with van der Waals surface area (Å²) in [6, 6.07) is 0. The van der Waals surface area contributed by atoms with E-state index in [9.17, 15) is 9.90 Å². The van der Waals surface area contributed by atoms with Crippen LogP contribution in [0.5, 0.6) is 0 Å². The lowest BCUT2D eigenvalue weighted by Gasteiger charge is -2.29. The summed E-state index contributed by atoms with van der Waals surface area (Å²) in [5.74, 6) is -0.776. The number of thioether (sulfide) groups is 1. The zero-order valence-electron chi connectivity index (χ0n) is 10.6. The van der Waals surface area contributed by atoms with Crippen LogP contribution in [0.2, 0.25) is 0 Å². The molecule has 1 saturated heterocycles. The molecule has 0 spiro atoms. The number of thiocarbonyl (C=S) groups is 1. The van der Waals surface area contributed by atoms with Crippen LogP contribution in [0.15, 0.2) is 0 Å². The topological polar surface area (TPSA) is 40.5 Å². The van der Waals surface area contributed by atoms with Gasteiger partial charge in [-0.3, -0.25) is 4.79 Å². The zero-order valence-corrected chi connectivity index (χ0v) is 12.2. The first-order chi connectivity index (χ1) is 7.99. The Kier molecular flexibility index (Phi) is 5.73. The van der Waals surface area contributed by atoms with Crippen molar-refractivity contribution in [3.63, 3.8) is 0 Å². The fraction of sp³-hybridized carbons (Fsp3) is 0.833. The quantitative estimate of drug-likeness (QED) is 0.801. The number of nitrogens with zero attached hydrogens (tertiary/aromatic N) is 1. The minimum atomic E-state index is -0.788. The number of rotatable bonds is 3. The summed E-state index contributed by atoms with van der Waals surface area (Å²) >= 11 is 6.72. The van der Waals surface area contributed by atoms with Gasteiger partial charge in [-0.15, -0.1) is 0 Å². The predicted octanol–water partition coefficient (Wildman–Crippen LogP) is 3.13. The minimum Gasteiger partial charge on any atom is -0.480 e. The van der Waals surface area contributed by atoms with Crippen molar-refractivity contribution < 1.29 is 9.90 Å². The molecule has 17 heavy (non-hydrogen) atoms. The first-order valence-electron chi connectivity index (χ1n) is 6.21. The lowest BCUT2D eigenvalue weighted by molar-refractivity contribution is -0.139. The van der Waals surface area contributed by atoms with Gasteiger partial charge >= 0.3 is 5.97 Å². The number of carboxylic acids is 1. The van der Waals surface area contributed by atoms with E-state index in [0.29, 0.717) is 6.42 Å². The Hall–Kier alpha value is -0.290. The maximum atomic E-state index is 11.2. The normalized spacial score (nSPS) is 20.5. The number of hydrogen-bond donors (Lipinski definition) is 1. The highest BCUT2D eigenvalue weighted by Gasteiger charge is 2.34. The summed E-state index contributed by atoms with van der Waals surface area (Å²) in [7, 11) is 0. The number of likely N-dealkylation sites (tertiary alicyclic amines) is 1. The van der Waals surface area contributed by atoms with Gasteiger partial charge < -0.3 is 10.0 Å². The largest absolute Gasteiger partial charge is 0.480 e. The van der Waals surface area contributed by atoms with Gasteiger partial charge in [-0.25, -0.2) is 0 Å². The molecule has 1 atom stereocenters. The molecular weight excluding hydrogens is 254 g/mol. The Bertz CT molecular complexity index is 288. The second kappa shape index (κ2) is 6.59. The van der Waals surface area contributed by atoms with Crippen molar-refractivity contribution >= 4 is 34.3 Å². The van der Waals surface area contributed by atoms with Crippen molar-refractivity contribution in [1.82, 2.24) is 4.90 Å². The molecule has 0 bridgehead atoms. The van der Waals surface area contributed by atoms with E-state index in [4.69, 9.17) is 12.2 Å². The molecule has 0 amide bonds. The monoisotopic (exact) mass is 275 g/mol. The van der Waals surface area contributed by atoms with Gasteiger partial charge in [-0.05, 0) is 26.2 Å². The molecule has 1 fully saturated rings. The second-order valence-electron chi connectivity index (χ2n) is 4.66. The van der Waals surface area contributed by atoms with Crippen LogP contribution in [-0.4, -0.2) is 38.1 Å². The van der Waals surface area contributed by atoms with Crippen LogP contribution in [0.3, 0.4) is 0 Å². The SMILES string of the molecule is CCC(C)(SC(=S)N1CCCCCC1)C(=O)O. The van der Waals surface area contributed by atoms with Crippen LogP contribution >= 0.6 is 24.0 Å². The van der Waals surface area contributed by atoms with Gasteiger partial charge in [0.1, 0.15) is 9.07 Å². The van der Waals surface area contributed by atoms with E-state index < -0.39 is 10.7 Å². The van der Waals surface area contributed by atoms with Crippen LogP contribution < -0.4 is 0 Å². The molecule has 1 unspecified atom stereocenters. The molecule has 0 radical (unpaired) electrons. The summed E-state index contributed by atoms with van der Waals surface area (Å²) in [6.45, 7) is 5.60. The molecule has 1 aliphatic heterocycles. The van der Waals surface area contributed by atoms with Gasteiger partial charge in [0.15, 0.2) is 0 Å². The average molecular weight is 275 g/mol. The highest BCUT2D eigenvalue weighted by Crippen LogP contribution is 2.32. The van der Waals surface area contributed by atoms with Crippen LogP contribution in [0, 0.1) is 0 Å². The van der Waals surface area contributed by atoms with Gasteiger partial charge in [0.05, 0.1) is 0 Å². The molecule has 0 aromatic carbocycles. The Morgan fingerprint density at radius 3 is 2.29 bits per heavy atom. The molecule has 0 aromatic heterocycles. The maximum Gasteiger partial charge on any atom is 0.319 e. The summed E-state index contributed by atoms with van der Waals surface area (Å²) in [6.07, 6.45) is 5.43. The van der Waals surface area contributed by atoms with E-state index in [2.05, 4.69) is 4.90 Å². The molecule has 98 valence electrons. The number of hydrogen-bond acceptors (Lipinski definition) is 3. The molecule has 1 rings (SSSR count).